The zero-order valence-corrected chi connectivity index (χ0v) is 12.9. The van der Waals surface area contributed by atoms with Gasteiger partial charge in [0.05, 0.1) is 17.5 Å². The van der Waals surface area contributed by atoms with Gasteiger partial charge in [-0.05, 0) is 30.9 Å². The van der Waals surface area contributed by atoms with Crippen LogP contribution in [0.25, 0.3) is 0 Å². The number of carbonyl (C=O) groups excluding carboxylic acids is 1. The highest BCUT2D eigenvalue weighted by Crippen LogP contribution is 2.16. The van der Waals surface area contributed by atoms with Crippen molar-refractivity contribution in [2.45, 2.75) is 19.9 Å². The monoisotopic (exact) mass is 302 g/mol. The lowest BCUT2D eigenvalue weighted by Gasteiger charge is -2.12. The highest BCUT2D eigenvalue weighted by Gasteiger charge is 2.12. The Morgan fingerprint density at radius 1 is 1.29 bits per heavy atom. The van der Waals surface area contributed by atoms with Crippen molar-refractivity contribution in [3.05, 3.63) is 58.3 Å². The molecule has 0 bridgehead atoms. The fourth-order valence-electron chi connectivity index (χ4n) is 1.79. The van der Waals surface area contributed by atoms with Gasteiger partial charge in [0.2, 0.25) is 0 Å². The summed E-state index contributed by atoms with van der Waals surface area (Å²) < 4.78 is 5.43. The molecule has 1 atom stereocenters. The van der Waals surface area contributed by atoms with E-state index in [0.29, 0.717) is 11.5 Å². The normalized spacial score (nSPS) is 12.8. The van der Waals surface area contributed by atoms with Gasteiger partial charge in [0, 0.05) is 0 Å². The molecule has 2 aromatic rings. The molecule has 0 radical (unpaired) electrons. The van der Waals surface area contributed by atoms with Gasteiger partial charge in [-0.2, -0.15) is 0 Å². The van der Waals surface area contributed by atoms with Gasteiger partial charge in [-0.25, -0.2) is 4.99 Å². The minimum Gasteiger partial charge on any atom is -0.465 e. The summed E-state index contributed by atoms with van der Waals surface area (Å²) in [6.45, 7) is 4.27. The fraction of sp³-hybridized carbons (Fsp3) is 0.250. The van der Waals surface area contributed by atoms with E-state index < -0.39 is 0 Å². The molecule has 0 aliphatic carbocycles. The second-order valence-corrected chi connectivity index (χ2v) is 5.33. The number of aliphatic imine (C=N–C) groups is 1. The van der Waals surface area contributed by atoms with Crippen molar-refractivity contribution >= 4 is 23.3 Å². The summed E-state index contributed by atoms with van der Waals surface area (Å²) in [6, 6.07) is 13.7. The predicted octanol–water partition coefficient (Wildman–Crippen LogP) is 3.63. The van der Waals surface area contributed by atoms with Crippen molar-refractivity contribution in [2.24, 2.45) is 4.99 Å². The maximum absolute atomic E-state index is 12.0. The fourth-order valence-corrected chi connectivity index (χ4v) is 2.41. The van der Waals surface area contributed by atoms with E-state index in [4.69, 9.17) is 4.74 Å². The largest absolute Gasteiger partial charge is 0.465 e. The molecule has 1 aromatic heterocycles. The summed E-state index contributed by atoms with van der Waals surface area (Å²) >= 11 is 1.38. The van der Waals surface area contributed by atoms with Crippen LogP contribution < -0.4 is 5.32 Å². The first-order valence-corrected chi connectivity index (χ1v) is 7.69. The SMILES string of the molecule is CCOC(=N[C@@H](C)c1ccccc1)NC(=O)c1cccs1. The number of nitrogens with one attached hydrogen (secondary N) is 1. The molecule has 21 heavy (non-hydrogen) atoms. The predicted molar refractivity (Wildman–Crippen MR) is 85.7 cm³/mol. The standard InChI is InChI=1S/C16H18N2O2S/c1-3-20-16(18-15(19)14-10-7-11-21-14)17-12(2)13-8-5-4-6-9-13/h4-12H,3H2,1-2H3,(H,17,18,19)/t12-/m0/s1. The van der Waals surface area contributed by atoms with E-state index in [-0.39, 0.29) is 18.0 Å². The van der Waals surface area contributed by atoms with Crippen LogP contribution in [0.4, 0.5) is 0 Å². The number of hydrogen-bond acceptors (Lipinski definition) is 4. The Morgan fingerprint density at radius 3 is 2.67 bits per heavy atom. The molecule has 0 saturated heterocycles. The van der Waals surface area contributed by atoms with Crippen LogP contribution in [0.5, 0.6) is 0 Å². The first-order chi connectivity index (χ1) is 10.2. The first-order valence-electron chi connectivity index (χ1n) is 6.81. The van der Waals surface area contributed by atoms with Crippen molar-refractivity contribution in [1.82, 2.24) is 5.32 Å². The lowest BCUT2D eigenvalue weighted by Crippen LogP contribution is -2.32. The number of nitrogens with zero attached hydrogens (tertiary/aromatic N) is 1. The third-order valence-electron chi connectivity index (χ3n) is 2.84. The van der Waals surface area contributed by atoms with Crippen molar-refractivity contribution in [3.63, 3.8) is 0 Å². The molecule has 0 fully saturated rings. The van der Waals surface area contributed by atoms with E-state index in [2.05, 4.69) is 10.3 Å². The number of hydrogen-bond donors (Lipinski definition) is 1. The summed E-state index contributed by atoms with van der Waals surface area (Å²) in [5.74, 6) is -0.197. The third kappa shape index (κ3) is 4.43. The Balaban J connectivity index is 2.11. The maximum Gasteiger partial charge on any atom is 0.292 e. The maximum atomic E-state index is 12.0. The van der Waals surface area contributed by atoms with Gasteiger partial charge in [0.15, 0.2) is 0 Å². The van der Waals surface area contributed by atoms with E-state index >= 15 is 0 Å². The molecule has 1 N–H and O–H groups in total. The number of carbonyl (C=O) groups is 1. The topological polar surface area (TPSA) is 50.7 Å². The van der Waals surface area contributed by atoms with Crippen LogP contribution in [0.1, 0.15) is 35.1 Å². The third-order valence-corrected chi connectivity index (χ3v) is 3.71. The van der Waals surface area contributed by atoms with E-state index in [1.807, 2.05) is 55.6 Å². The first kappa shape index (κ1) is 15.3. The van der Waals surface area contributed by atoms with Crippen LogP contribution in [-0.2, 0) is 4.74 Å². The molecule has 0 aliphatic rings. The Kier molecular flexibility index (Phi) is 5.51. The number of amidine groups is 1. The quantitative estimate of drug-likeness (QED) is 0.692. The van der Waals surface area contributed by atoms with E-state index in [9.17, 15) is 4.79 Å². The lowest BCUT2D eigenvalue weighted by molar-refractivity contribution is 0.0970. The molecule has 4 nitrogen and oxygen atoms in total. The van der Waals surface area contributed by atoms with Crippen LogP contribution in [0, 0.1) is 0 Å². The van der Waals surface area contributed by atoms with Gasteiger partial charge in [-0.15, -0.1) is 11.3 Å². The highest BCUT2D eigenvalue weighted by atomic mass is 32.1. The van der Waals surface area contributed by atoms with Crippen LogP contribution in [0.2, 0.25) is 0 Å². The van der Waals surface area contributed by atoms with E-state index in [1.54, 1.807) is 6.07 Å². The molecule has 0 saturated carbocycles. The van der Waals surface area contributed by atoms with Crippen molar-refractivity contribution < 1.29 is 9.53 Å². The smallest absolute Gasteiger partial charge is 0.292 e. The lowest BCUT2D eigenvalue weighted by atomic mass is 10.1. The summed E-state index contributed by atoms with van der Waals surface area (Å²) in [7, 11) is 0. The number of benzene rings is 1. The van der Waals surface area contributed by atoms with Crippen LogP contribution in [-0.4, -0.2) is 18.5 Å². The van der Waals surface area contributed by atoms with Gasteiger partial charge in [0.25, 0.3) is 11.9 Å². The zero-order chi connectivity index (χ0) is 15.1. The number of rotatable bonds is 4. The van der Waals surface area contributed by atoms with Crippen molar-refractivity contribution in [2.75, 3.05) is 6.61 Å². The molecule has 1 aromatic carbocycles. The Hall–Kier alpha value is -2.14. The van der Waals surface area contributed by atoms with Crippen LogP contribution in [0.3, 0.4) is 0 Å². The van der Waals surface area contributed by atoms with E-state index in [1.165, 1.54) is 11.3 Å². The minimum atomic E-state index is -0.197. The molecule has 0 spiro atoms. The van der Waals surface area contributed by atoms with Gasteiger partial charge in [-0.3, -0.25) is 10.1 Å². The second kappa shape index (κ2) is 7.59. The number of thiophene rings is 1. The molecular formula is C16H18N2O2S. The van der Waals surface area contributed by atoms with Gasteiger partial charge in [0.1, 0.15) is 0 Å². The Labute approximate surface area is 128 Å². The number of ether oxygens (including phenoxy) is 1. The molecule has 0 aliphatic heterocycles. The summed E-state index contributed by atoms with van der Waals surface area (Å²) in [6.07, 6.45) is 0. The minimum absolute atomic E-state index is 0.0867. The molecular weight excluding hydrogens is 284 g/mol. The Bertz CT molecular complexity index is 594. The van der Waals surface area contributed by atoms with Gasteiger partial charge < -0.3 is 4.74 Å². The zero-order valence-electron chi connectivity index (χ0n) is 12.1. The number of amides is 1. The van der Waals surface area contributed by atoms with E-state index in [0.717, 1.165) is 5.56 Å². The average molecular weight is 302 g/mol. The average Bonchev–Trinajstić information content (AvgIpc) is 3.02. The second-order valence-electron chi connectivity index (χ2n) is 4.39. The van der Waals surface area contributed by atoms with Crippen molar-refractivity contribution in [1.29, 1.82) is 0 Å². The van der Waals surface area contributed by atoms with Crippen molar-refractivity contribution in [3.8, 4) is 0 Å². The summed E-state index contributed by atoms with van der Waals surface area (Å²) in [5.41, 5.74) is 1.07. The molecule has 110 valence electrons. The van der Waals surface area contributed by atoms with Crippen LogP contribution >= 0.6 is 11.3 Å². The molecule has 0 unspecified atom stereocenters. The molecule has 1 heterocycles. The summed E-state index contributed by atoms with van der Waals surface area (Å²) in [5, 5.41) is 4.58. The summed E-state index contributed by atoms with van der Waals surface area (Å²) in [4.78, 5) is 17.1. The highest BCUT2D eigenvalue weighted by molar-refractivity contribution is 7.12. The Morgan fingerprint density at radius 2 is 2.05 bits per heavy atom. The molecule has 2 rings (SSSR count). The van der Waals surface area contributed by atoms with Gasteiger partial charge >= 0.3 is 0 Å². The van der Waals surface area contributed by atoms with Crippen LogP contribution in [0.15, 0.2) is 52.8 Å². The molecule has 1 amide bonds. The van der Waals surface area contributed by atoms with Gasteiger partial charge in [-0.1, -0.05) is 36.4 Å². The molecule has 5 heteroatoms.